The number of nitrogens with two attached hydrogens (primary N) is 1. The molecule has 0 amide bonds. The van der Waals surface area contributed by atoms with Crippen molar-refractivity contribution in [3.05, 3.63) is 45.6 Å². The summed E-state index contributed by atoms with van der Waals surface area (Å²) in [7, 11) is 3.37. The van der Waals surface area contributed by atoms with Gasteiger partial charge >= 0.3 is 0 Å². The Hall–Kier alpha value is -1.56. The average molecular weight is 361 g/mol. The molecule has 5 heteroatoms. The quantitative estimate of drug-likeness (QED) is 0.777. The molecular weight excluding hydrogens is 332 g/mol. The fourth-order valence-electron chi connectivity index (χ4n) is 3.36. The third-order valence-electron chi connectivity index (χ3n) is 5.06. The van der Waals surface area contributed by atoms with E-state index in [9.17, 15) is 0 Å². The zero-order valence-electron chi connectivity index (χ0n) is 15.4. The molecule has 136 valence electrons. The molecule has 25 heavy (non-hydrogen) atoms. The molecule has 0 bridgehead atoms. The first-order valence-electron chi connectivity index (χ1n) is 8.77. The molecule has 0 spiro atoms. The first-order valence-corrected chi connectivity index (χ1v) is 9.71. The van der Waals surface area contributed by atoms with Crippen LogP contribution >= 0.6 is 11.3 Å². The minimum Gasteiger partial charge on any atom is -0.493 e. The molecule has 1 unspecified atom stereocenters. The third-order valence-corrected chi connectivity index (χ3v) is 5.79. The maximum absolute atomic E-state index is 6.54. The number of hydrogen-bond acceptors (Lipinski definition) is 5. The predicted molar refractivity (Wildman–Crippen MR) is 104 cm³/mol. The van der Waals surface area contributed by atoms with E-state index in [-0.39, 0.29) is 5.54 Å². The van der Waals surface area contributed by atoms with E-state index < -0.39 is 0 Å². The standard InChI is InChI=1S/C20H28N2O2S/c1-20(21,6-4-15-5-9-25-14-15)7-8-22-12-16-10-18(23-2)19(24-3)11-17(16)13-22/h5,9-11,14H,4,6-8,12-13,21H2,1-3H3. The predicted octanol–water partition coefficient (Wildman–Crippen LogP) is 3.82. The van der Waals surface area contributed by atoms with Crippen LogP contribution in [0.1, 0.15) is 36.5 Å². The first kappa shape index (κ1) is 18.2. The lowest BCUT2D eigenvalue weighted by atomic mass is 9.91. The van der Waals surface area contributed by atoms with Gasteiger partial charge in [-0.1, -0.05) is 0 Å². The Morgan fingerprint density at radius 1 is 1.12 bits per heavy atom. The van der Waals surface area contributed by atoms with Crippen LogP contribution in [0.25, 0.3) is 0 Å². The second kappa shape index (κ2) is 7.77. The van der Waals surface area contributed by atoms with E-state index in [1.165, 1.54) is 16.7 Å². The van der Waals surface area contributed by atoms with Gasteiger partial charge in [-0.25, -0.2) is 0 Å². The van der Waals surface area contributed by atoms with Gasteiger partial charge in [0, 0.05) is 25.2 Å². The monoisotopic (exact) mass is 360 g/mol. The van der Waals surface area contributed by atoms with Crippen LogP contribution in [0.15, 0.2) is 29.0 Å². The molecule has 3 rings (SSSR count). The molecule has 0 radical (unpaired) electrons. The van der Waals surface area contributed by atoms with Crippen molar-refractivity contribution in [1.82, 2.24) is 4.90 Å². The van der Waals surface area contributed by atoms with E-state index in [1.54, 1.807) is 25.6 Å². The van der Waals surface area contributed by atoms with Crippen LogP contribution in [0.5, 0.6) is 11.5 Å². The van der Waals surface area contributed by atoms with E-state index in [0.717, 1.165) is 50.4 Å². The molecule has 4 nitrogen and oxygen atoms in total. The van der Waals surface area contributed by atoms with E-state index >= 15 is 0 Å². The Kier molecular flexibility index (Phi) is 5.67. The summed E-state index contributed by atoms with van der Waals surface area (Å²) in [5, 5.41) is 4.35. The highest BCUT2D eigenvalue weighted by molar-refractivity contribution is 7.07. The Morgan fingerprint density at radius 2 is 1.76 bits per heavy atom. The second-order valence-corrected chi connectivity index (χ2v) is 8.00. The molecule has 0 saturated carbocycles. The highest BCUT2D eigenvalue weighted by Crippen LogP contribution is 2.35. The van der Waals surface area contributed by atoms with E-state index in [2.05, 4.69) is 40.8 Å². The summed E-state index contributed by atoms with van der Waals surface area (Å²) < 4.78 is 10.8. The van der Waals surface area contributed by atoms with Gasteiger partial charge in [0.15, 0.2) is 11.5 Å². The highest BCUT2D eigenvalue weighted by Gasteiger charge is 2.25. The molecule has 0 saturated heterocycles. The first-order chi connectivity index (χ1) is 12.0. The molecule has 1 aromatic heterocycles. The molecular formula is C20H28N2O2S. The number of methoxy groups -OCH3 is 2. The van der Waals surface area contributed by atoms with Gasteiger partial charge in [0.25, 0.3) is 0 Å². The molecule has 2 N–H and O–H groups in total. The zero-order valence-corrected chi connectivity index (χ0v) is 16.2. The van der Waals surface area contributed by atoms with Crippen molar-refractivity contribution in [2.45, 2.75) is 44.8 Å². The molecule has 1 aromatic carbocycles. The van der Waals surface area contributed by atoms with Crippen LogP contribution in [-0.4, -0.2) is 31.2 Å². The van der Waals surface area contributed by atoms with Crippen molar-refractivity contribution in [2.24, 2.45) is 5.73 Å². The summed E-state index contributed by atoms with van der Waals surface area (Å²) in [6.07, 6.45) is 3.08. The van der Waals surface area contributed by atoms with Gasteiger partial charge in [0.05, 0.1) is 14.2 Å². The van der Waals surface area contributed by atoms with Gasteiger partial charge < -0.3 is 15.2 Å². The summed E-state index contributed by atoms with van der Waals surface area (Å²) in [5.74, 6) is 1.62. The smallest absolute Gasteiger partial charge is 0.161 e. The van der Waals surface area contributed by atoms with Gasteiger partial charge in [-0.3, -0.25) is 4.90 Å². The molecule has 2 aromatic rings. The van der Waals surface area contributed by atoms with Crippen LogP contribution in [0.2, 0.25) is 0 Å². The number of benzene rings is 1. The van der Waals surface area contributed by atoms with Crippen LogP contribution in [0, 0.1) is 0 Å². The van der Waals surface area contributed by atoms with Gasteiger partial charge in [-0.2, -0.15) is 11.3 Å². The number of thiophene rings is 1. The summed E-state index contributed by atoms with van der Waals surface area (Å²) >= 11 is 1.75. The molecule has 1 aliphatic heterocycles. The number of nitrogens with zero attached hydrogens (tertiary/aromatic N) is 1. The van der Waals surface area contributed by atoms with Crippen molar-refractivity contribution < 1.29 is 9.47 Å². The fourth-order valence-corrected chi connectivity index (χ4v) is 4.06. The van der Waals surface area contributed by atoms with Crippen molar-refractivity contribution in [1.29, 1.82) is 0 Å². The molecule has 0 aliphatic carbocycles. The zero-order chi connectivity index (χ0) is 17.9. The minimum atomic E-state index is -0.133. The SMILES string of the molecule is COc1cc2c(cc1OC)CN(CCC(C)(N)CCc1ccsc1)C2. The Bertz CT molecular complexity index is 665. The largest absolute Gasteiger partial charge is 0.493 e. The summed E-state index contributed by atoms with van der Waals surface area (Å²) in [6.45, 7) is 5.09. The van der Waals surface area contributed by atoms with Crippen LogP contribution in [0.3, 0.4) is 0 Å². The fraction of sp³-hybridized carbons (Fsp3) is 0.500. The molecule has 1 atom stereocenters. The third kappa shape index (κ3) is 4.54. The van der Waals surface area contributed by atoms with Crippen molar-refractivity contribution in [3.8, 4) is 11.5 Å². The summed E-state index contributed by atoms with van der Waals surface area (Å²) in [4.78, 5) is 2.46. The van der Waals surface area contributed by atoms with Crippen LogP contribution in [0.4, 0.5) is 0 Å². The van der Waals surface area contributed by atoms with E-state index in [1.807, 2.05) is 0 Å². The Morgan fingerprint density at radius 3 is 2.28 bits per heavy atom. The van der Waals surface area contributed by atoms with Gasteiger partial charge in [-0.05, 0) is 71.8 Å². The lowest BCUT2D eigenvalue weighted by Gasteiger charge is -2.27. The summed E-state index contributed by atoms with van der Waals surface area (Å²) in [5.41, 5.74) is 10.5. The number of ether oxygens (including phenoxy) is 2. The summed E-state index contributed by atoms with van der Waals surface area (Å²) in [6, 6.07) is 6.40. The van der Waals surface area contributed by atoms with E-state index in [4.69, 9.17) is 15.2 Å². The van der Waals surface area contributed by atoms with E-state index in [0.29, 0.717) is 0 Å². The normalized spacial score (nSPS) is 16.5. The van der Waals surface area contributed by atoms with Crippen LogP contribution in [-0.2, 0) is 19.5 Å². The number of hydrogen-bond donors (Lipinski definition) is 1. The van der Waals surface area contributed by atoms with Gasteiger partial charge in [-0.15, -0.1) is 0 Å². The Labute approximate surface area is 154 Å². The molecule has 2 heterocycles. The maximum atomic E-state index is 6.54. The lowest BCUT2D eigenvalue weighted by Crippen LogP contribution is -2.39. The number of fused-ring (bicyclic) bond motifs is 1. The van der Waals surface area contributed by atoms with Crippen LogP contribution < -0.4 is 15.2 Å². The highest BCUT2D eigenvalue weighted by atomic mass is 32.1. The number of rotatable bonds is 8. The lowest BCUT2D eigenvalue weighted by molar-refractivity contribution is 0.244. The average Bonchev–Trinajstić information content (AvgIpc) is 3.25. The van der Waals surface area contributed by atoms with Crippen molar-refractivity contribution in [2.75, 3.05) is 20.8 Å². The van der Waals surface area contributed by atoms with Crippen molar-refractivity contribution in [3.63, 3.8) is 0 Å². The molecule has 0 fully saturated rings. The van der Waals surface area contributed by atoms with Gasteiger partial charge in [0.1, 0.15) is 0 Å². The second-order valence-electron chi connectivity index (χ2n) is 7.22. The molecule has 1 aliphatic rings. The maximum Gasteiger partial charge on any atom is 0.161 e. The minimum absolute atomic E-state index is 0.133. The topological polar surface area (TPSA) is 47.7 Å². The van der Waals surface area contributed by atoms with Crippen molar-refractivity contribution >= 4 is 11.3 Å². The Balaban J connectivity index is 1.54. The van der Waals surface area contributed by atoms with Gasteiger partial charge in [0.2, 0.25) is 0 Å². The number of aryl methyl sites for hydroxylation is 1.